The number of esters is 4. The summed E-state index contributed by atoms with van der Waals surface area (Å²) < 4.78 is 20.4. The predicted molar refractivity (Wildman–Crippen MR) is 180 cm³/mol. The zero-order valence-corrected chi connectivity index (χ0v) is 28.6. The third kappa shape index (κ3) is 9.05. The molecule has 0 bridgehead atoms. The predicted octanol–water partition coefficient (Wildman–Crippen LogP) is 4.64. The highest BCUT2D eigenvalue weighted by molar-refractivity contribution is 8.09. The van der Waals surface area contributed by atoms with Crippen LogP contribution in [0.3, 0.4) is 0 Å². The number of carbonyl (C=O) groups excluding carboxylic acids is 6. The molecule has 1 fully saturated rings. The van der Waals surface area contributed by atoms with Crippen LogP contribution in [-0.4, -0.2) is 77.9 Å². The van der Waals surface area contributed by atoms with E-state index in [1.165, 1.54) is 4.90 Å². The molecule has 0 aromatic heterocycles. The molecule has 1 heterocycles. The van der Waals surface area contributed by atoms with Crippen molar-refractivity contribution in [1.82, 2.24) is 4.90 Å². The Kier molecular flexibility index (Phi) is 12.2. The lowest BCUT2D eigenvalue weighted by Crippen LogP contribution is -2.54. The highest BCUT2D eigenvalue weighted by Gasteiger charge is 2.70. The highest BCUT2D eigenvalue weighted by atomic mass is 32.2. The van der Waals surface area contributed by atoms with Gasteiger partial charge in [-0.3, -0.25) is 24.0 Å². The van der Waals surface area contributed by atoms with Crippen LogP contribution in [0.15, 0.2) is 91.0 Å². The molecule has 1 aliphatic heterocycles. The molecular weight excluding hydrogens is 652 g/mol. The molecule has 5 atom stereocenters. The molecule has 0 unspecified atom stereocenters. The minimum Gasteiger partial charge on any atom is -0.462 e. The van der Waals surface area contributed by atoms with Gasteiger partial charge in [-0.15, -0.1) is 11.8 Å². The molecule has 3 aromatic carbocycles. The molecule has 13 heteroatoms. The Morgan fingerprint density at radius 3 is 1.78 bits per heavy atom. The van der Waals surface area contributed by atoms with Gasteiger partial charge in [0.1, 0.15) is 11.4 Å². The minimum absolute atomic E-state index is 0.204. The van der Waals surface area contributed by atoms with Gasteiger partial charge in [-0.05, 0) is 23.3 Å². The van der Waals surface area contributed by atoms with Gasteiger partial charge < -0.3 is 23.8 Å². The van der Waals surface area contributed by atoms with Crippen LogP contribution >= 0.6 is 11.8 Å². The zero-order valence-electron chi connectivity index (χ0n) is 27.8. The van der Waals surface area contributed by atoms with Crippen LogP contribution in [0, 0.1) is 0 Å². The maximum Gasteiger partial charge on any atom is 0.331 e. The first-order chi connectivity index (χ1) is 23.3. The van der Waals surface area contributed by atoms with Gasteiger partial charge in [0.2, 0.25) is 0 Å². The maximum atomic E-state index is 15.1. The number of carbonyl (C=O) groups is 6. The maximum absolute atomic E-state index is 15.1. The smallest absolute Gasteiger partial charge is 0.331 e. The molecule has 12 nitrogen and oxygen atoms in total. The lowest BCUT2D eigenvalue weighted by atomic mass is 9.88. The summed E-state index contributed by atoms with van der Waals surface area (Å²) in [4.78, 5) is 80.8. The summed E-state index contributed by atoms with van der Waals surface area (Å²) in [5.41, 5.74) is 1.63. The summed E-state index contributed by atoms with van der Waals surface area (Å²) in [6, 6.07) is 25.7. The Morgan fingerprint density at radius 2 is 1.24 bits per heavy atom. The van der Waals surface area contributed by atoms with Crippen LogP contribution in [-0.2, 0) is 54.2 Å². The molecular formula is C36H38N2O10S. The van der Waals surface area contributed by atoms with E-state index < -0.39 is 70.7 Å². The molecule has 49 heavy (non-hydrogen) atoms. The van der Waals surface area contributed by atoms with Crippen molar-refractivity contribution in [2.45, 2.75) is 62.5 Å². The van der Waals surface area contributed by atoms with Crippen LogP contribution in [0.1, 0.15) is 38.8 Å². The fraction of sp³-hybridized carbons (Fsp3) is 0.333. The summed E-state index contributed by atoms with van der Waals surface area (Å²) in [6.07, 6.45) is -4.34. The molecule has 0 saturated carbocycles. The van der Waals surface area contributed by atoms with Gasteiger partial charge in [-0.1, -0.05) is 78.9 Å². The third-order valence-corrected chi connectivity index (χ3v) is 9.19. The van der Waals surface area contributed by atoms with Crippen molar-refractivity contribution >= 4 is 53.3 Å². The number of imide groups is 1. The normalized spacial score (nSPS) is 18.1. The molecule has 3 amide bonds. The van der Waals surface area contributed by atoms with Crippen LogP contribution in [0.25, 0.3) is 0 Å². The van der Waals surface area contributed by atoms with E-state index in [-0.39, 0.29) is 6.54 Å². The van der Waals surface area contributed by atoms with Gasteiger partial charge in [0.05, 0.1) is 10.9 Å². The SMILES string of the molecule is CC(=O)OC[C@@H](OC(C)=O)[C@@H](OC(C)=O)[C@H](OC(C)=O)[C@H]1S[C@]1(C(=O)N(C(=O)N(C)Cc1ccccc1)c1ccccc1)c1ccccc1. The number of urea groups is 1. The number of amides is 3. The third-order valence-electron chi connectivity index (χ3n) is 7.54. The number of para-hydroxylation sites is 1. The average Bonchev–Trinajstić information content (AvgIpc) is 3.82. The van der Waals surface area contributed by atoms with Crippen molar-refractivity contribution in [1.29, 1.82) is 0 Å². The number of anilines is 1. The van der Waals surface area contributed by atoms with Crippen molar-refractivity contribution in [3.8, 4) is 0 Å². The van der Waals surface area contributed by atoms with E-state index in [1.54, 1.807) is 67.7 Å². The Morgan fingerprint density at radius 1 is 0.714 bits per heavy atom. The van der Waals surface area contributed by atoms with Crippen LogP contribution in [0.2, 0.25) is 0 Å². The fourth-order valence-electron chi connectivity index (χ4n) is 5.48. The molecule has 1 aliphatic rings. The zero-order chi connectivity index (χ0) is 35.7. The second-order valence-electron chi connectivity index (χ2n) is 11.3. The molecule has 0 spiro atoms. The van der Waals surface area contributed by atoms with E-state index in [0.29, 0.717) is 11.3 Å². The van der Waals surface area contributed by atoms with Gasteiger partial charge >= 0.3 is 29.9 Å². The van der Waals surface area contributed by atoms with E-state index in [9.17, 15) is 24.0 Å². The van der Waals surface area contributed by atoms with E-state index in [2.05, 4.69) is 0 Å². The average molecular weight is 691 g/mol. The van der Waals surface area contributed by atoms with Gasteiger partial charge in [-0.2, -0.15) is 0 Å². The quantitative estimate of drug-likeness (QED) is 0.140. The summed E-state index contributed by atoms with van der Waals surface area (Å²) >= 11 is 1.09. The van der Waals surface area contributed by atoms with Crippen molar-refractivity contribution in [3.05, 3.63) is 102 Å². The van der Waals surface area contributed by atoms with Gasteiger partial charge in [-0.25, -0.2) is 9.69 Å². The first kappa shape index (κ1) is 36.7. The lowest BCUT2D eigenvalue weighted by Gasteiger charge is -2.33. The first-order valence-electron chi connectivity index (χ1n) is 15.4. The van der Waals surface area contributed by atoms with Gasteiger partial charge in [0.25, 0.3) is 5.91 Å². The summed E-state index contributed by atoms with van der Waals surface area (Å²) in [5.74, 6) is -3.72. The molecule has 0 N–H and O–H groups in total. The fourth-order valence-corrected chi connectivity index (χ4v) is 6.99. The molecule has 0 aliphatic carbocycles. The van der Waals surface area contributed by atoms with E-state index in [0.717, 1.165) is 49.9 Å². The summed E-state index contributed by atoms with van der Waals surface area (Å²) in [6.45, 7) is 4.19. The second-order valence-corrected chi connectivity index (χ2v) is 12.7. The Labute approximate surface area is 288 Å². The molecule has 1 saturated heterocycles. The summed E-state index contributed by atoms with van der Waals surface area (Å²) in [5, 5.41) is -0.968. The van der Waals surface area contributed by atoms with Crippen LogP contribution in [0.4, 0.5) is 10.5 Å². The molecule has 0 radical (unpaired) electrons. The number of thioether (sulfide) groups is 1. The Bertz CT molecular complexity index is 1660. The van der Waals surface area contributed by atoms with Crippen molar-refractivity contribution in [2.24, 2.45) is 0 Å². The number of benzene rings is 3. The number of hydrogen-bond acceptors (Lipinski definition) is 11. The minimum atomic E-state index is -1.55. The molecule has 258 valence electrons. The van der Waals surface area contributed by atoms with Crippen molar-refractivity contribution in [2.75, 3.05) is 18.6 Å². The number of nitrogens with zero attached hydrogens (tertiary/aromatic N) is 2. The van der Waals surface area contributed by atoms with Crippen molar-refractivity contribution in [3.63, 3.8) is 0 Å². The molecule has 3 aromatic rings. The Balaban J connectivity index is 1.84. The number of hydrogen-bond donors (Lipinski definition) is 0. The van der Waals surface area contributed by atoms with Gasteiger partial charge in [0.15, 0.2) is 18.3 Å². The summed E-state index contributed by atoms with van der Waals surface area (Å²) in [7, 11) is 1.59. The monoisotopic (exact) mass is 690 g/mol. The number of ether oxygens (including phenoxy) is 4. The van der Waals surface area contributed by atoms with Gasteiger partial charge in [0, 0.05) is 41.3 Å². The standard InChI is InChI=1S/C36H38N2O10S/c1-23(39)45-22-30(46-24(2)40)31(47-25(3)41)32(48-26(4)42)33-36(49-33,28-17-11-7-12-18-28)34(43)38(29-19-13-8-14-20-29)35(44)37(5)21-27-15-9-6-10-16-27/h6-20,30-33H,21-22H2,1-5H3/t30-,31-,32+,33-,36-/m1/s1. The van der Waals surface area contributed by atoms with Crippen molar-refractivity contribution < 1.29 is 47.7 Å². The topological polar surface area (TPSA) is 146 Å². The first-order valence-corrected chi connectivity index (χ1v) is 16.3. The van der Waals surface area contributed by atoms with Crippen LogP contribution in [0.5, 0.6) is 0 Å². The second kappa shape index (κ2) is 16.3. The van der Waals surface area contributed by atoms with E-state index in [1.807, 2.05) is 30.3 Å². The number of rotatable bonds is 13. The highest BCUT2D eigenvalue weighted by Crippen LogP contribution is 2.65. The Hall–Kier alpha value is -5.17. The molecule has 4 rings (SSSR count). The van der Waals surface area contributed by atoms with E-state index in [4.69, 9.17) is 18.9 Å². The largest absolute Gasteiger partial charge is 0.462 e. The van der Waals surface area contributed by atoms with Crippen LogP contribution < -0.4 is 4.90 Å². The lowest BCUT2D eigenvalue weighted by molar-refractivity contribution is -0.189. The van der Waals surface area contributed by atoms with E-state index >= 15 is 4.79 Å².